The van der Waals surface area contributed by atoms with Gasteiger partial charge in [-0.1, -0.05) is 6.07 Å². The molecule has 4 nitrogen and oxygen atoms in total. The second-order valence-electron chi connectivity index (χ2n) is 4.97. The minimum atomic E-state index is -1.71. The summed E-state index contributed by atoms with van der Waals surface area (Å²) in [6.07, 6.45) is 0. The number of rotatable bonds is 3. The van der Waals surface area contributed by atoms with Crippen LogP contribution in [0.3, 0.4) is 0 Å². The highest BCUT2D eigenvalue weighted by atomic mass is 19.2. The molecule has 0 saturated heterocycles. The molecule has 122 valence electrons. The van der Waals surface area contributed by atoms with E-state index in [2.05, 4.69) is 10.3 Å². The first kappa shape index (κ1) is 15.4. The molecule has 0 spiro atoms. The molecule has 2 aromatic rings. The topological polar surface area (TPSA) is 43.4 Å². The Morgan fingerprint density at radius 2 is 1.61 bits per heavy atom. The number of anilines is 1. The van der Waals surface area contributed by atoms with Gasteiger partial charge in [-0.05, 0) is 24.6 Å². The Balaban J connectivity index is 1.89. The molecule has 3 rings (SSSR count). The number of halogens is 4. The zero-order valence-electron chi connectivity index (χ0n) is 12.0. The summed E-state index contributed by atoms with van der Waals surface area (Å²) >= 11 is 0. The maximum absolute atomic E-state index is 13.6. The number of benzene rings is 1. The quantitative estimate of drug-likeness (QED) is 0.691. The first-order chi connectivity index (χ1) is 11.0. The van der Waals surface area contributed by atoms with Crippen LogP contribution in [0.1, 0.15) is 18.5 Å². The van der Waals surface area contributed by atoms with E-state index in [1.165, 1.54) is 0 Å². The van der Waals surface area contributed by atoms with Crippen LogP contribution >= 0.6 is 0 Å². The number of ether oxygens (including phenoxy) is 2. The monoisotopic (exact) mass is 328 g/mol. The van der Waals surface area contributed by atoms with Crippen molar-refractivity contribution in [3.63, 3.8) is 0 Å². The average Bonchev–Trinajstić information content (AvgIpc) is 2.56. The molecule has 1 aromatic carbocycles. The van der Waals surface area contributed by atoms with Crippen molar-refractivity contribution in [3.05, 3.63) is 47.3 Å². The average molecular weight is 328 g/mol. The molecule has 0 bridgehead atoms. The lowest BCUT2D eigenvalue weighted by Crippen LogP contribution is -2.17. The number of fused-ring (bicyclic) bond motifs is 1. The number of nitrogens with zero attached hydrogens (tertiary/aromatic N) is 1. The van der Waals surface area contributed by atoms with Crippen LogP contribution in [0, 0.1) is 23.5 Å². The zero-order valence-corrected chi connectivity index (χ0v) is 12.0. The van der Waals surface area contributed by atoms with Crippen LogP contribution in [0.4, 0.5) is 23.2 Å². The Morgan fingerprint density at radius 1 is 1.00 bits per heavy atom. The van der Waals surface area contributed by atoms with Crippen molar-refractivity contribution in [1.29, 1.82) is 0 Å². The first-order valence-electron chi connectivity index (χ1n) is 6.83. The van der Waals surface area contributed by atoms with Gasteiger partial charge in [-0.15, -0.1) is 0 Å². The second kappa shape index (κ2) is 5.94. The fourth-order valence-electron chi connectivity index (χ4n) is 2.24. The van der Waals surface area contributed by atoms with Gasteiger partial charge >= 0.3 is 0 Å². The van der Waals surface area contributed by atoms with Crippen molar-refractivity contribution < 1.29 is 27.0 Å². The van der Waals surface area contributed by atoms with Crippen LogP contribution in [-0.4, -0.2) is 18.2 Å². The van der Waals surface area contributed by atoms with Gasteiger partial charge in [0.15, 0.2) is 11.5 Å². The van der Waals surface area contributed by atoms with Gasteiger partial charge in [0.25, 0.3) is 11.9 Å². The lowest BCUT2D eigenvalue weighted by molar-refractivity contribution is 0.171. The molecule has 1 aromatic heterocycles. The Kier molecular flexibility index (Phi) is 3.97. The van der Waals surface area contributed by atoms with Gasteiger partial charge in [0.05, 0.1) is 0 Å². The number of hydrogen-bond donors (Lipinski definition) is 1. The minimum absolute atomic E-state index is 0.391. The summed E-state index contributed by atoms with van der Waals surface area (Å²) in [5.41, 5.74) is -0.303. The van der Waals surface area contributed by atoms with Crippen LogP contribution in [0.2, 0.25) is 0 Å². The molecule has 1 N–H and O–H groups in total. The van der Waals surface area contributed by atoms with E-state index >= 15 is 0 Å². The molecule has 1 aliphatic rings. The molecule has 1 unspecified atom stereocenters. The molecule has 23 heavy (non-hydrogen) atoms. The van der Waals surface area contributed by atoms with Crippen molar-refractivity contribution in [3.8, 4) is 11.5 Å². The molecule has 1 aliphatic heterocycles. The number of hydrogen-bond acceptors (Lipinski definition) is 4. The molecule has 0 fully saturated rings. The predicted molar refractivity (Wildman–Crippen MR) is 73.5 cm³/mol. The van der Waals surface area contributed by atoms with Gasteiger partial charge in [-0.2, -0.15) is 22.5 Å². The van der Waals surface area contributed by atoms with E-state index in [0.717, 1.165) is 0 Å². The van der Waals surface area contributed by atoms with E-state index in [1.54, 1.807) is 25.1 Å². The molecule has 0 amide bonds. The Hall–Kier alpha value is -2.51. The van der Waals surface area contributed by atoms with Gasteiger partial charge < -0.3 is 14.8 Å². The first-order valence-corrected chi connectivity index (χ1v) is 6.83. The number of pyridine rings is 1. The van der Waals surface area contributed by atoms with Crippen molar-refractivity contribution in [2.24, 2.45) is 0 Å². The summed E-state index contributed by atoms with van der Waals surface area (Å²) in [5.74, 6) is -5.51. The van der Waals surface area contributed by atoms with E-state index < -0.39 is 35.3 Å². The van der Waals surface area contributed by atoms with Crippen LogP contribution in [0.15, 0.2) is 18.2 Å². The number of aromatic nitrogens is 1. The molecular formula is C15H12F4N2O2. The van der Waals surface area contributed by atoms with Crippen LogP contribution in [0.25, 0.3) is 0 Å². The maximum atomic E-state index is 13.6. The van der Waals surface area contributed by atoms with E-state index in [9.17, 15) is 17.6 Å². The van der Waals surface area contributed by atoms with E-state index in [-0.39, 0.29) is 0 Å². The standard InChI is InChI=1S/C15H12F4N2O2/c1-7(8-2-3-9-10(6-8)23-5-4-22-9)20-13-11(16)14(18)21-15(19)12(13)17/h2-3,6-7H,4-5H2,1H3,(H,20,21). The molecule has 0 aliphatic carbocycles. The van der Waals surface area contributed by atoms with Gasteiger partial charge in [-0.3, -0.25) is 0 Å². The van der Waals surface area contributed by atoms with Crippen LogP contribution in [0.5, 0.6) is 11.5 Å². The third kappa shape index (κ3) is 2.88. The summed E-state index contributed by atoms with van der Waals surface area (Å²) in [6, 6.07) is 4.31. The highest BCUT2D eigenvalue weighted by Gasteiger charge is 2.23. The fourth-order valence-corrected chi connectivity index (χ4v) is 2.24. The molecule has 1 atom stereocenters. The van der Waals surface area contributed by atoms with Crippen molar-refractivity contribution in [2.75, 3.05) is 18.5 Å². The largest absolute Gasteiger partial charge is 0.486 e. The zero-order chi connectivity index (χ0) is 16.6. The Bertz CT molecular complexity index is 728. The fraction of sp³-hybridized carbons (Fsp3) is 0.267. The Labute approximate surface area is 129 Å². The SMILES string of the molecule is CC(Nc1c(F)c(F)nc(F)c1F)c1ccc2c(c1)OCCO2. The lowest BCUT2D eigenvalue weighted by Gasteiger charge is -2.21. The van der Waals surface area contributed by atoms with Crippen molar-refractivity contribution in [1.82, 2.24) is 4.98 Å². The summed E-state index contributed by atoms with van der Waals surface area (Å²) in [6.45, 7) is 2.41. The van der Waals surface area contributed by atoms with E-state index in [4.69, 9.17) is 9.47 Å². The molecular weight excluding hydrogens is 316 g/mol. The Morgan fingerprint density at radius 3 is 2.26 bits per heavy atom. The highest BCUT2D eigenvalue weighted by molar-refractivity contribution is 5.50. The van der Waals surface area contributed by atoms with Gasteiger partial charge in [0, 0.05) is 6.04 Å². The van der Waals surface area contributed by atoms with Gasteiger partial charge in [-0.25, -0.2) is 0 Å². The smallest absolute Gasteiger partial charge is 0.253 e. The normalized spacial score (nSPS) is 14.5. The summed E-state index contributed by atoms with van der Waals surface area (Å²) < 4.78 is 64.3. The minimum Gasteiger partial charge on any atom is -0.486 e. The maximum Gasteiger partial charge on any atom is 0.253 e. The summed E-state index contributed by atoms with van der Waals surface area (Å²) in [5, 5.41) is 2.42. The molecule has 2 heterocycles. The second-order valence-corrected chi connectivity index (χ2v) is 4.97. The van der Waals surface area contributed by atoms with Gasteiger partial charge in [0.1, 0.15) is 18.9 Å². The predicted octanol–water partition coefficient (Wildman–Crippen LogP) is 3.58. The van der Waals surface area contributed by atoms with Crippen molar-refractivity contribution >= 4 is 5.69 Å². The summed E-state index contributed by atoms with van der Waals surface area (Å²) in [7, 11) is 0. The van der Waals surface area contributed by atoms with Crippen LogP contribution in [-0.2, 0) is 0 Å². The van der Waals surface area contributed by atoms with Crippen LogP contribution < -0.4 is 14.8 Å². The third-order valence-corrected chi connectivity index (χ3v) is 3.42. The molecule has 0 radical (unpaired) electrons. The van der Waals surface area contributed by atoms with Crippen molar-refractivity contribution in [2.45, 2.75) is 13.0 Å². The lowest BCUT2D eigenvalue weighted by atomic mass is 10.1. The van der Waals surface area contributed by atoms with E-state index in [1.807, 2.05) is 0 Å². The summed E-state index contributed by atoms with van der Waals surface area (Å²) in [4.78, 5) is 2.51. The highest BCUT2D eigenvalue weighted by Crippen LogP contribution is 2.34. The third-order valence-electron chi connectivity index (χ3n) is 3.42. The van der Waals surface area contributed by atoms with Gasteiger partial charge in [0.2, 0.25) is 11.6 Å². The molecule has 0 saturated carbocycles. The molecule has 8 heteroatoms. The number of nitrogens with one attached hydrogen (secondary N) is 1. The van der Waals surface area contributed by atoms with E-state index in [0.29, 0.717) is 30.3 Å².